The van der Waals surface area contributed by atoms with Crippen molar-refractivity contribution >= 4 is 22.9 Å². The fraction of sp³-hybridized carbons (Fsp3) is 0.444. The number of nitrogens with zero attached hydrogens (tertiary/aromatic N) is 3. The summed E-state index contributed by atoms with van der Waals surface area (Å²) in [6.45, 7) is 4.10. The molecule has 0 aliphatic carbocycles. The lowest BCUT2D eigenvalue weighted by atomic mass is 10.2. The maximum Gasteiger partial charge on any atom is 0.0950 e. The Hall–Kier alpha value is -0.890. The van der Waals surface area contributed by atoms with Crippen LogP contribution in [0.25, 0.3) is 0 Å². The highest BCUT2D eigenvalue weighted by Gasteiger charge is 2.15. The number of thiazole rings is 1. The largest absolute Gasteiger partial charge is 0.271 e. The van der Waals surface area contributed by atoms with E-state index in [1.165, 1.54) is 16.4 Å². The van der Waals surface area contributed by atoms with Crippen molar-refractivity contribution in [3.63, 3.8) is 0 Å². The third-order valence-corrected chi connectivity index (χ3v) is 4.25. The van der Waals surface area contributed by atoms with Crippen LogP contribution in [0.4, 0.5) is 0 Å². The monoisotopic (exact) mass is 255 g/mol. The summed E-state index contributed by atoms with van der Waals surface area (Å²) in [6, 6.07) is 0.0462. The number of nitrogens with two attached hydrogens (primary N) is 1. The van der Waals surface area contributed by atoms with Gasteiger partial charge in [-0.05, 0) is 25.4 Å². The summed E-state index contributed by atoms with van der Waals surface area (Å²) in [5, 5.41) is 4.90. The van der Waals surface area contributed by atoms with Crippen LogP contribution in [0.2, 0.25) is 0 Å². The first-order valence-electron chi connectivity index (χ1n) is 4.87. The van der Waals surface area contributed by atoms with Gasteiger partial charge in [-0.25, -0.2) is 4.98 Å². The molecule has 2 aromatic heterocycles. The minimum Gasteiger partial charge on any atom is -0.271 e. The summed E-state index contributed by atoms with van der Waals surface area (Å²) >= 11 is 3.07. The lowest BCUT2D eigenvalue weighted by Crippen LogP contribution is -2.28. The van der Waals surface area contributed by atoms with E-state index in [1.54, 1.807) is 17.5 Å². The standard InChI is InChI=1S/C9H13N5S2/c1-5-6(2)15-9(12-5)3-7(13-10)8-4-11-14-16-8/h4,7,13H,3,10H2,1-2H3. The number of hydrazine groups is 1. The molecule has 1 atom stereocenters. The Labute approximate surface area is 102 Å². The summed E-state index contributed by atoms with van der Waals surface area (Å²) < 4.78 is 3.83. The normalized spacial score (nSPS) is 12.9. The van der Waals surface area contributed by atoms with E-state index in [0.717, 1.165) is 22.0 Å². The number of rotatable bonds is 4. The number of nitrogens with one attached hydrogen (secondary N) is 1. The first kappa shape index (κ1) is 11.6. The number of aryl methyl sites for hydroxylation is 2. The molecular formula is C9H13N5S2. The van der Waals surface area contributed by atoms with Crippen molar-refractivity contribution in [3.8, 4) is 0 Å². The Balaban J connectivity index is 2.13. The Kier molecular flexibility index (Phi) is 3.59. The van der Waals surface area contributed by atoms with E-state index < -0.39 is 0 Å². The van der Waals surface area contributed by atoms with E-state index in [1.807, 2.05) is 6.92 Å². The Morgan fingerprint density at radius 2 is 2.31 bits per heavy atom. The van der Waals surface area contributed by atoms with Crippen LogP contribution in [0.3, 0.4) is 0 Å². The van der Waals surface area contributed by atoms with Crippen LogP contribution in [-0.2, 0) is 6.42 Å². The van der Waals surface area contributed by atoms with E-state index in [0.29, 0.717) is 0 Å². The van der Waals surface area contributed by atoms with Crippen molar-refractivity contribution in [2.24, 2.45) is 5.84 Å². The lowest BCUT2D eigenvalue weighted by Gasteiger charge is -2.10. The van der Waals surface area contributed by atoms with Crippen LogP contribution in [-0.4, -0.2) is 14.6 Å². The van der Waals surface area contributed by atoms with Gasteiger partial charge in [0.15, 0.2) is 0 Å². The summed E-state index contributed by atoms with van der Waals surface area (Å²) in [6.07, 6.45) is 2.52. The lowest BCUT2D eigenvalue weighted by molar-refractivity contribution is 0.558. The molecule has 86 valence electrons. The van der Waals surface area contributed by atoms with E-state index in [2.05, 4.69) is 26.9 Å². The van der Waals surface area contributed by atoms with Gasteiger partial charge in [-0.2, -0.15) is 0 Å². The Morgan fingerprint density at radius 3 is 2.81 bits per heavy atom. The minimum absolute atomic E-state index is 0.0462. The SMILES string of the molecule is Cc1nc(CC(NN)c2cnns2)sc1C. The molecule has 0 bridgehead atoms. The van der Waals surface area contributed by atoms with Crippen molar-refractivity contribution in [1.29, 1.82) is 0 Å². The fourth-order valence-electron chi connectivity index (χ4n) is 1.37. The van der Waals surface area contributed by atoms with E-state index in [9.17, 15) is 0 Å². The maximum atomic E-state index is 5.53. The van der Waals surface area contributed by atoms with E-state index >= 15 is 0 Å². The van der Waals surface area contributed by atoms with Crippen molar-refractivity contribution in [2.45, 2.75) is 26.3 Å². The molecule has 0 aromatic carbocycles. The third kappa shape index (κ3) is 2.43. The van der Waals surface area contributed by atoms with E-state index in [4.69, 9.17) is 5.84 Å². The molecule has 0 aliphatic heterocycles. The van der Waals surface area contributed by atoms with E-state index in [-0.39, 0.29) is 6.04 Å². The molecule has 2 rings (SSSR count). The van der Waals surface area contributed by atoms with Crippen molar-refractivity contribution < 1.29 is 0 Å². The summed E-state index contributed by atoms with van der Waals surface area (Å²) in [4.78, 5) is 6.79. The molecule has 5 nitrogen and oxygen atoms in total. The zero-order valence-electron chi connectivity index (χ0n) is 9.10. The van der Waals surface area contributed by atoms with Gasteiger partial charge in [-0.3, -0.25) is 11.3 Å². The second kappa shape index (κ2) is 4.96. The molecule has 7 heteroatoms. The smallest absolute Gasteiger partial charge is 0.0950 e. The zero-order valence-corrected chi connectivity index (χ0v) is 10.7. The van der Waals surface area contributed by atoms with Gasteiger partial charge >= 0.3 is 0 Å². The van der Waals surface area contributed by atoms with Gasteiger partial charge in [0.2, 0.25) is 0 Å². The van der Waals surface area contributed by atoms with Gasteiger partial charge in [0.05, 0.1) is 27.8 Å². The molecule has 0 saturated heterocycles. The molecule has 0 fully saturated rings. The fourth-order valence-corrected chi connectivity index (χ4v) is 2.91. The summed E-state index contributed by atoms with van der Waals surface area (Å²) in [5.41, 5.74) is 3.87. The third-order valence-electron chi connectivity index (χ3n) is 2.37. The molecule has 2 heterocycles. The maximum absolute atomic E-state index is 5.53. The Morgan fingerprint density at radius 1 is 1.50 bits per heavy atom. The van der Waals surface area contributed by atoms with Crippen molar-refractivity contribution in [1.82, 2.24) is 20.0 Å². The second-order valence-electron chi connectivity index (χ2n) is 3.49. The molecule has 0 amide bonds. The molecule has 16 heavy (non-hydrogen) atoms. The molecule has 0 radical (unpaired) electrons. The van der Waals surface area contributed by atoms with Gasteiger partial charge in [0, 0.05) is 11.3 Å². The van der Waals surface area contributed by atoms with Crippen LogP contribution >= 0.6 is 22.9 Å². The van der Waals surface area contributed by atoms with Crippen LogP contribution in [0, 0.1) is 13.8 Å². The van der Waals surface area contributed by atoms with Gasteiger partial charge in [-0.1, -0.05) is 4.49 Å². The highest BCUT2D eigenvalue weighted by Crippen LogP contribution is 2.24. The van der Waals surface area contributed by atoms with Crippen LogP contribution in [0.1, 0.15) is 26.5 Å². The van der Waals surface area contributed by atoms with Crippen LogP contribution < -0.4 is 11.3 Å². The van der Waals surface area contributed by atoms with Gasteiger partial charge in [0.25, 0.3) is 0 Å². The average molecular weight is 255 g/mol. The molecule has 0 spiro atoms. The summed E-state index contributed by atoms with van der Waals surface area (Å²) in [7, 11) is 0. The average Bonchev–Trinajstić information content (AvgIpc) is 2.86. The molecule has 0 saturated carbocycles. The molecule has 0 aliphatic rings. The van der Waals surface area contributed by atoms with Crippen molar-refractivity contribution in [3.05, 3.63) is 26.7 Å². The van der Waals surface area contributed by atoms with Gasteiger partial charge < -0.3 is 0 Å². The number of hydrogen-bond acceptors (Lipinski definition) is 7. The second-order valence-corrected chi connectivity index (χ2v) is 5.60. The molecule has 3 N–H and O–H groups in total. The van der Waals surface area contributed by atoms with Crippen LogP contribution in [0.5, 0.6) is 0 Å². The predicted molar refractivity (Wildman–Crippen MR) is 65.3 cm³/mol. The first-order chi connectivity index (χ1) is 7.70. The Bertz CT molecular complexity index is 431. The van der Waals surface area contributed by atoms with Gasteiger partial charge in [0.1, 0.15) is 0 Å². The number of aromatic nitrogens is 3. The minimum atomic E-state index is 0.0462. The molecule has 1 unspecified atom stereocenters. The molecular weight excluding hydrogens is 242 g/mol. The first-order valence-corrected chi connectivity index (χ1v) is 6.46. The quantitative estimate of drug-likeness (QED) is 0.637. The summed E-state index contributed by atoms with van der Waals surface area (Å²) in [5.74, 6) is 5.53. The zero-order chi connectivity index (χ0) is 11.5. The topological polar surface area (TPSA) is 76.7 Å². The van der Waals surface area contributed by atoms with Gasteiger partial charge in [-0.15, -0.1) is 16.4 Å². The molecule has 2 aromatic rings. The highest BCUT2D eigenvalue weighted by molar-refractivity contribution is 7.11. The predicted octanol–water partition coefficient (Wildman–Crippen LogP) is 1.36. The number of hydrogen-bond donors (Lipinski definition) is 2. The highest BCUT2D eigenvalue weighted by atomic mass is 32.1. The van der Waals surface area contributed by atoms with Crippen LogP contribution in [0.15, 0.2) is 6.20 Å². The van der Waals surface area contributed by atoms with Crippen molar-refractivity contribution in [2.75, 3.05) is 0 Å².